The van der Waals surface area contributed by atoms with E-state index in [1.165, 1.54) is 0 Å². The first kappa shape index (κ1) is 21.6. The minimum absolute atomic E-state index is 0.00524. The molecular weight excluding hydrogens is 400 g/mol. The van der Waals surface area contributed by atoms with E-state index in [1.54, 1.807) is 4.90 Å². The first-order valence-electron chi connectivity index (χ1n) is 11.1. The van der Waals surface area contributed by atoms with Gasteiger partial charge in [-0.15, -0.1) is 0 Å². The highest BCUT2D eigenvalue weighted by Crippen LogP contribution is 2.29. The molecule has 3 aromatic carbocycles. The van der Waals surface area contributed by atoms with Crippen molar-refractivity contribution in [2.45, 2.75) is 19.4 Å². The molecule has 5 heteroatoms. The van der Waals surface area contributed by atoms with E-state index in [0.717, 1.165) is 16.7 Å². The van der Waals surface area contributed by atoms with Gasteiger partial charge in [0.1, 0.15) is 5.75 Å². The molecule has 1 N–H and O–H groups in total. The van der Waals surface area contributed by atoms with Crippen LogP contribution in [0.5, 0.6) is 5.75 Å². The summed E-state index contributed by atoms with van der Waals surface area (Å²) in [6.45, 7) is 1.68. The summed E-state index contributed by atoms with van der Waals surface area (Å²) in [7, 11) is 0. The fourth-order valence-corrected chi connectivity index (χ4v) is 4.00. The van der Waals surface area contributed by atoms with Gasteiger partial charge in [-0.05, 0) is 30.0 Å². The Morgan fingerprint density at radius 3 is 2.19 bits per heavy atom. The van der Waals surface area contributed by atoms with Gasteiger partial charge in [-0.25, -0.2) is 0 Å². The Kier molecular flexibility index (Phi) is 7.18. The van der Waals surface area contributed by atoms with Crippen LogP contribution in [0.4, 0.5) is 0 Å². The number of hydrogen-bond acceptors (Lipinski definition) is 3. The molecule has 32 heavy (non-hydrogen) atoms. The van der Waals surface area contributed by atoms with E-state index >= 15 is 0 Å². The highest BCUT2D eigenvalue weighted by atomic mass is 16.5. The molecule has 0 bridgehead atoms. The van der Waals surface area contributed by atoms with Crippen molar-refractivity contribution in [2.75, 3.05) is 19.7 Å². The molecule has 0 saturated carbocycles. The Hall–Kier alpha value is -3.60. The summed E-state index contributed by atoms with van der Waals surface area (Å²) >= 11 is 0. The second-order valence-corrected chi connectivity index (χ2v) is 8.01. The number of hydrogen-bond donors (Lipinski definition) is 1. The molecule has 2 amide bonds. The van der Waals surface area contributed by atoms with Crippen LogP contribution in [0.25, 0.3) is 11.1 Å². The van der Waals surface area contributed by atoms with E-state index in [-0.39, 0.29) is 24.3 Å². The van der Waals surface area contributed by atoms with Gasteiger partial charge in [-0.1, -0.05) is 78.9 Å². The molecule has 0 aliphatic carbocycles. The molecule has 164 valence electrons. The first-order valence-corrected chi connectivity index (χ1v) is 11.1. The van der Waals surface area contributed by atoms with Gasteiger partial charge < -0.3 is 15.0 Å². The van der Waals surface area contributed by atoms with Crippen LogP contribution in [0.3, 0.4) is 0 Å². The van der Waals surface area contributed by atoms with E-state index in [4.69, 9.17) is 4.74 Å². The molecule has 4 rings (SSSR count). The minimum atomic E-state index is -0.0533. The maximum Gasteiger partial charge on any atom is 0.260 e. The fraction of sp³-hybridized carbons (Fsp3) is 0.259. The molecule has 1 fully saturated rings. The molecule has 1 saturated heterocycles. The lowest BCUT2D eigenvalue weighted by Gasteiger charge is -2.31. The zero-order valence-corrected chi connectivity index (χ0v) is 18.1. The first-order chi connectivity index (χ1) is 15.7. The highest BCUT2D eigenvalue weighted by Gasteiger charge is 2.27. The number of carbonyl (C=O) groups is 2. The van der Waals surface area contributed by atoms with Crippen LogP contribution in [0.1, 0.15) is 18.4 Å². The van der Waals surface area contributed by atoms with Crippen LogP contribution in [-0.4, -0.2) is 36.4 Å². The van der Waals surface area contributed by atoms with Gasteiger partial charge in [-0.3, -0.25) is 9.59 Å². The van der Waals surface area contributed by atoms with E-state index in [1.807, 2.05) is 84.9 Å². The molecule has 1 aliphatic heterocycles. The average Bonchev–Trinajstić information content (AvgIpc) is 2.87. The maximum atomic E-state index is 12.7. The number of carbonyl (C=O) groups excluding carboxylic acids is 2. The predicted molar refractivity (Wildman–Crippen MR) is 125 cm³/mol. The quantitative estimate of drug-likeness (QED) is 0.611. The summed E-state index contributed by atoms with van der Waals surface area (Å²) in [4.78, 5) is 27.0. The van der Waals surface area contributed by atoms with E-state index in [2.05, 4.69) is 5.32 Å². The summed E-state index contributed by atoms with van der Waals surface area (Å²) in [5, 5.41) is 3.01. The Morgan fingerprint density at radius 2 is 1.47 bits per heavy atom. The molecule has 0 atom stereocenters. The lowest BCUT2D eigenvalue weighted by molar-refractivity contribution is -0.137. The Bertz CT molecular complexity index is 1030. The third kappa shape index (κ3) is 5.55. The number of nitrogens with zero attached hydrogens (tertiary/aromatic N) is 1. The van der Waals surface area contributed by atoms with Crippen molar-refractivity contribution in [2.24, 2.45) is 5.92 Å². The largest absolute Gasteiger partial charge is 0.483 e. The van der Waals surface area contributed by atoms with Crippen LogP contribution >= 0.6 is 0 Å². The van der Waals surface area contributed by atoms with Crippen LogP contribution < -0.4 is 10.1 Å². The van der Waals surface area contributed by atoms with Gasteiger partial charge in [0.05, 0.1) is 0 Å². The van der Waals surface area contributed by atoms with Gasteiger partial charge in [0, 0.05) is 31.1 Å². The average molecular weight is 429 g/mol. The summed E-state index contributed by atoms with van der Waals surface area (Å²) in [6, 6.07) is 27.6. The molecule has 0 aromatic heterocycles. The fourth-order valence-electron chi connectivity index (χ4n) is 4.00. The number of piperidine rings is 1. The molecule has 3 aromatic rings. The second-order valence-electron chi connectivity index (χ2n) is 8.01. The van der Waals surface area contributed by atoms with E-state index in [9.17, 15) is 9.59 Å². The molecular formula is C27H28N2O3. The molecule has 0 radical (unpaired) electrons. The van der Waals surface area contributed by atoms with E-state index in [0.29, 0.717) is 38.2 Å². The lowest BCUT2D eigenvalue weighted by atomic mass is 9.96. The topological polar surface area (TPSA) is 58.6 Å². The van der Waals surface area contributed by atoms with Gasteiger partial charge in [0.15, 0.2) is 6.61 Å². The molecule has 0 unspecified atom stereocenters. The number of para-hydroxylation sites is 1. The van der Waals surface area contributed by atoms with Crippen molar-refractivity contribution in [1.29, 1.82) is 0 Å². The third-order valence-electron chi connectivity index (χ3n) is 5.85. The zero-order chi connectivity index (χ0) is 22.2. The zero-order valence-electron chi connectivity index (χ0n) is 18.1. The third-order valence-corrected chi connectivity index (χ3v) is 5.85. The van der Waals surface area contributed by atoms with Crippen LogP contribution in [0, 0.1) is 5.92 Å². The van der Waals surface area contributed by atoms with Crippen LogP contribution in [-0.2, 0) is 16.1 Å². The van der Waals surface area contributed by atoms with Crippen molar-refractivity contribution in [3.63, 3.8) is 0 Å². The summed E-state index contributed by atoms with van der Waals surface area (Å²) in [5.74, 6) is 0.662. The lowest BCUT2D eigenvalue weighted by Crippen LogP contribution is -2.44. The number of rotatable bonds is 7. The molecule has 1 aliphatic rings. The van der Waals surface area contributed by atoms with Crippen LogP contribution in [0.2, 0.25) is 0 Å². The Morgan fingerprint density at radius 1 is 0.844 bits per heavy atom. The van der Waals surface area contributed by atoms with E-state index < -0.39 is 0 Å². The predicted octanol–water partition coefficient (Wildman–Crippen LogP) is 4.29. The smallest absolute Gasteiger partial charge is 0.260 e. The monoisotopic (exact) mass is 428 g/mol. The number of benzene rings is 3. The molecule has 0 spiro atoms. The number of ether oxygens (including phenoxy) is 1. The standard InChI is InChI=1S/C27H28N2O3/c30-26(20-32-25-14-8-7-13-24(25)22-11-5-2-6-12-22)29-17-15-23(16-18-29)27(31)28-19-21-9-3-1-4-10-21/h1-14,23H,15-20H2,(H,28,31). The Balaban J connectivity index is 1.25. The molecule has 5 nitrogen and oxygen atoms in total. The van der Waals surface area contributed by atoms with Crippen molar-refractivity contribution in [1.82, 2.24) is 10.2 Å². The number of amides is 2. The summed E-state index contributed by atoms with van der Waals surface area (Å²) < 4.78 is 5.90. The van der Waals surface area contributed by atoms with Gasteiger partial charge in [-0.2, -0.15) is 0 Å². The number of nitrogens with one attached hydrogen (secondary N) is 1. The summed E-state index contributed by atoms with van der Waals surface area (Å²) in [5.41, 5.74) is 3.11. The van der Waals surface area contributed by atoms with Gasteiger partial charge >= 0.3 is 0 Å². The highest BCUT2D eigenvalue weighted by molar-refractivity contribution is 5.81. The number of likely N-dealkylation sites (tertiary alicyclic amines) is 1. The van der Waals surface area contributed by atoms with Crippen molar-refractivity contribution in [3.05, 3.63) is 90.5 Å². The second kappa shape index (κ2) is 10.6. The van der Waals surface area contributed by atoms with Gasteiger partial charge in [0.25, 0.3) is 5.91 Å². The van der Waals surface area contributed by atoms with Crippen molar-refractivity contribution >= 4 is 11.8 Å². The van der Waals surface area contributed by atoms with Crippen molar-refractivity contribution < 1.29 is 14.3 Å². The summed E-state index contributed by atoms with van der Waals surface area (Å²) in [6.07, 6.45) is 1.35. The van der Waals surface area contributed by atoms with Crippen molar-refractivity contribution in [3.8, 4) is 16.9 Å². The molecule has 1 heterocycles. The SMILES string of the molecule is O=C(NCc1ccccc1)C1CCN(C(=O)COc2ccccc2-c2ccccc2)CC1. The normalized spacial score (nSPS) is 14.1. The Labute approximate surface area is 189 Å². The minimum Gasteiger partial charge on any atom is -0.483 e. The van der Waals surface area contributed by atoms with Crippen LogP contribution in [0.15, 0.2) is 84.9 Å². The van der Waals surface area contributed by atoms with Gasteiger partial charge in [0.2, 0.25) is 5.91 Å². The maximum absolute atomic E-state index is 12.7.